The first kappa shape index (κ1) is 9.57. The van der Waals surface area contributed by atoms with Crippen molar-refractivity contribution in [3.8, 4) is 11.8 Å². The van der Waals surface area contributed by atoms with Crippen LogP contribution in [0.4, 0.5) is 0 Å². The van der Waals surface area contributed by atoms with E-state index in [4.69, 9.17) is 0 Å². The molecule has 0 aromatic carbocycles. The molecular formula is C10H17NO. The maximum absolute atomic E-state index is 9.88. The van der Waals surface area contributed by atoms with Crippen molar-refractivity contribution in [2.24, 2.45) is 5.92 Å². The number of hydrogen-bond acceptors (Lipinski definition) is 2. The van der Waals surface area contributed by atoms with Crippen LogP contribution in [-0.4, -0.2) is 23.8 Å². The molecule has 0 bridgehead atoms. The number of rotatable bonds is 0. The van der Waals surface area contributed by atoms with Gasteiger partial charge in [-0.3, -0.25) is 0 Å². The highest BCUT2D eigenvalue weighted by atomic mass is 16.3. The monoisotopic (exact) mass is 167 g/mol. The summed E-state index contributed by atoms with van der Waals surface area (Å²) in [6.45, 7) is 5.69. The smallest absolute Gasteiger partial charge is 0.137 e. The number of nitrogens with one attached hydrogen (secondary N) is 1. The van der Waals surface area contributed by atoms with Gasteiger partial charge < -0.3 is 10.4 Å². The number of β-amino-alcohol motifs (C(OH)–C–C–N with tert-alkyl or cyclic N) is 1. The molecular weight excluding hydrogens is 150 g/mol. The molecule has 0 saturated carbocycles. The number of aliphatic hydroxyl groups is 1. The third-order valence-electron chi connectivity index (χ3n) is 1.95. The Morgan fingerprint density at radius 1 is 1.50 bits per heavy atom. The van der Waals surface area contributed by atoms with Gasteiger partial charge in [-0.05, 0) is 19.4 Å². The van der Waals surface area contributed by atoms with Crippen molar-refractivity contribution in [3.05, 3.63) is 0 Å². The first-order valence-corrected chi connectivity index (χ1v) is 4.58. The molecule has 1 unspecified atom stereocenters. The van der Waals surface area contributed by atoms with Crippen LogP contribution in [0, 0.1) is 17.8 Å². The molecule has 0 aromatic rings. The molecule has 1 heterocycles. The molecule has 0 spiro atoms. The van der Waals surface area contributed by atoms with Crippen molar-refractivity contribution in [1.29, 1.82) is 0 Å². The predicted octanol–water partition coefficient (Wildman–Crippen LogP) is 0.760. The molecule has 1 aliphatic rings. The summed E-state index contributed by atoms with van der Waals surface area (Å²) in [5.74, 6) is 6.30. The minimum Gasteiger partial charge on any atom is -0.376 e. The van der Waals surface area contributed by atoms with Crippen molar-refractivity contribution < 1.29 is 5.11 Å². The Hall–Kier alpha value is -0.520. The van der Waals surface area contributed by atoms with E-state index in [0.29, 0.717) is 12.5 Å². The highest BCUT2D eigenvalue weighted by Gasteiger charge is 2.26. The predicted molar refractivity (Wildman–Crippen MR) is 49.7 cm³/mol. The van der Waals surface area contributed by atoms with Gasteiger partial charge in [0.25, 0.3) is 0 Å². The van der Waals surface area contributed by atoms with Gasteiger partial charge in [0, 0.05) is 12.5 Å². The van der Waals surface area contributed by atoms with E-state index in [0.717, 1.165) is 19.4 Å². The zero-order valence-corrected chi connectivity index (χ0v) is 7.85. The van der Waals surface area contributed by atoms with Crippen LogP contribution in [-0.2, 0) is 0 Å². The quantitative estimate of drug-likeness (QED) is 0.522. The second kappa shape index (κ2) is 3.93. The summed E-state index contributed by atoms with van der Waals surface area (Å²) >= 11 is 0. The lowest BCUT2D eigenvalue weighted by atomic mass is 9.94. The van der Waals surface area contributed by atoms with Crippen LogP contribution in [0.15, 0.2) is 0 Å². The van der Waals surface area contributed by atoms with Crippen LogP contribution < -0.4 is 5.32 Å². The summed E-state index contributed by atoms with van der Waals surface area (Å²) in [7, 11) is 0. The van der Waals surface area contributed by atoms with E-state index < -0.39 is 5.60 Å². The van der Waals surface area contributed by atoms with Crippen LogP contribution in [0.3, 0.4) is 0 Å². The number of hydrogen-bond donors (Lipinski definition) is 2. The van der Waals surface area contributed by atoms with Gasteiger partial charge in [0.1, 0.15) is 5.60 Å². The van der Waals surface area contributed by atoms with E-state index in [1.165, 1.54) is 0 Å². The van der Waals surface area contributed by atoms with Crippen LogP contribution in [0.2, 0.25) is 0 Å². The topological polar surface area (TPSA) is 32.3 Å². The third kappa shape index (κ3) is 2.84. The summed E-state index contributed by atoms with van der Waals surface area (Å²) in [6.07, 6.45) is 1.82. The van der Waals surface area contributed by atoms with Gasteiger partial charge in [0.05, 0.1) is 0 Å². The van der Waals surface area contributed by atoms with Gasteiger partial charge in [-0.15, -0.1) is 0 Å². The number of piperidine rings is 1. The molecule has 68 valence electrons. The SMILES string of the molecule is CC(C)C#CC1(O)CCCNC1. The van der Waals surface area contributed by atoms with Gasteiger partial charge in [-0.25, -0.2) is 0 Å². The Morgan fingerprint density at radius 3 is 2.75 bits per heavy atom. The molecule has 2 heteroatoms. The molecule has 12 heavy (non-hydrogen) atoms. The van der Waals surface area contributed by atoms with Gasteiger partial charge in [0.15, 0.2) is 0 Å². The van der Waals surface area contributed by atoms with E-state index in [1.807, 2.05) is 13.8 Å². The van der Waals surface area contributed by atoms with Crippen molar-refractivity contribution in [2.75, 3.05) is 13.1 Å². The molecule has 1 rings (SSSR count). The van der Waals surface area contributed by atoms with Gasteiger partial charge in [-0.2, -0.15) is 0 Å². The zero-order valence-electron chi connectivity index (χ0n) is 7.85. The first-order valence-electron chi connectivity index (χ1n) is 4.58. The van der Waals surface area contributed by atoms with Gasteiger partial charge in [-0.1, -0.05) is 25.7 Å². The van der Waals surface area contributed by atoms with E-state index in [9.17, 15) is 5.11 Å². The summed E-state index contributed by atoms with van der Waals surface area (Å²) in [5.41, 5.74) is -0.761. The third-order valence-corrected chi connectivity index (χ3v) is 1.95. The second-order valence-electron chi connectivity index (χ2n) is 3.74. The Balaban J connectivity index is 2.53. The lowest BCUT2D eigenvalue weighted by Crippen LogP contribution is -2.44. The summed E-state index contributed by atoms with van der Waals surface area (Å²) in [5, 5.41) is 13.0. The fraction of sp³-hybridized carbons (Fsp3) is 0.800. The fourth-order valence-corrected chi connectivity index (χ4v) is 1.27. The Labute approximate surface area is 74.4 Å². The molecule has 2 N–H and O–H groups in total. The zero-order chi connectivity index (χ0) is 9.03. The maximum atomic E-state index is 9.88. The average Bonchev–Trinajstić information content (AvgIpc) is 2.03. The molecule has 1 aliphatic heterocycles. The molecule has 1 saturated heterocycles. The van der Waals surface area contributed by atoms with Crippen LogP contribution in [0.5, 0.6) is 0 Å². The minimum absolute atomic E-state index is 0.343. The second-order valence-corrected chi connectivity index (χ2v) is 3.74. The normalized spacial score (nSPS) is 29.7. The summed E-state index contributed by atoms with van der Waals surface area (Å²) in [4.78, 5) is 0. The minimum atomic E-state index is -0.761. The van der Waals surface area contributed by atoms with Crippen LogP contribution >= 0.6 is 0 Å². The standard InChI is InChI=1S/C10H17NO/c1-9(2)4-6-10(12)5-3-7-11-8-10/h9,11-12H,3,5,7-8H2,1-2H3. The van der Waals surface area contributed by atoms with E-state index >= 15 is 0 Å². The largest absolute Gasteiger partial charge is 0.376 e. The Morgan fingerprint density at radius 2 is 2.25 bits per heavy atom. The van der Waals surface area contributed by atoms with Gasteiger partial charge in [0.2, 0.25) is 0 Å². The average molecular weight is 167 g/mol. The van der Waals surface area contributed by atoms with E-state index in [-0.39, 0.29) is 0 Å². The molecule has 1 fully saturated rings. The van der Waals surface area contributed by atoms with Crippen molar-refractivity contribution in [2.45, 2.75) is 32.3 Å². The molecule has 0 radical (unpaired) electrons. The highest BCUT2D eigenvalue weighted by molar-refractivity contribution is 5.16. The van der Waals surface area contributed by atoms with E-state index in [2.05, 4.69) is 17.2 Å². The van der Waals surface area contributed by atoms with Gasteiger partial charge >= 0.3 is 0 Å². The molecule has 1 atom stereocenters. The molecule has 0 amide bonds. The Bertz CT molecular complexity index is 194. The van der Waals surface area contributed by atoms with Crippen LogP contribution in [0.25, 0.3) is 0 Å². The van der Waals surface area contributed by atoms with Crippen molar-refractivity contribution in [3.63, 3.8) is 0 Å². The lowest BCUT2D eigenvalue weighted by Gasteiger charge is -2.27. The lowest BCUT2D eigenvalue weighted by molar-refractivity contribution is 0.0734. The maximum Gasteiger partial charge on any atom is 0.137 e. The van der Waals surface area contributed by atoms with Crippen molar-refractivity contribution in [1.82, 2.24) is 5.32 Å². The molecule has 0 aliphatic carbocycles. The fourth-order valence-electron chi connectivity index (χ4n) is 1.27. The summed E-state index contributed by atoms with van der Waals surface area (Å²) < 4.78 is 0. The molecule has 0 aromatic heterocycles. The first-order chi connectivity index (χ1) is 5.62. The van der Waals surface area contributed by atoms with Crippen molar-refractivity contribution >= 4 is 0 Å². The Kier molecular flexibility index (Phi) is 3.13. The van der Waals surface area contributed by atoms with Crippen LogP contribution in [0.1, 0.15) is 26.7 Å². The summed E-state index contributed by atoms with van der Waals surface area (Å²) in [6, 6.07) is 0. The highest BCUT2D eigenvalue weighted by Crippen LogP contribution is 2.14. The molecule has 2 nitrogen and oxygen atoms in total. The van der Waals surface area contributed by atoms with E-state index in [1.54, 1.807) is 0 Å².